The molecular formula is C23H28N2O2. The lowest BCUT2D eigenvalue weighted by Crippen LogP contribution is -2.44. The van der Waals surface area contributed by atoms with Gasteiger partial charge in [0.1, 0.15) is 11.5 Å². The predicted octanol–water partition coefficient (Wildman–Crippen LogP) is 4.64. The van der Waals surface area contributed by atoms with E-state index in [2.05, 4.69) is 30.1 Å². The minimum absolute atomic E-state index is 0.0102. The predicted molar refractivity (Wildman–Crippen MR) is 109 cm³/mol. The second-order valence-electron chi connectivity index (χ2n) is 7.27. The number of likely N-dealkylation sites (tertiary alicyclic amines) is 1. The Morgan fingerprint density at radius 3 is 2.30 bits per heavy atom. The van der Waals surface area contributed by atoms with E-state index in [0.29, 0.717) is 5.56 Å². The molecule has 2 aromatic carbocycles. The maximum Gasteiger partial charge on any atom is 0.251 e. The Labute approximate surface area is 161 Å². The van der Waals surface area contributed by atoms with Crippen molar-refractivity contribution in [1.82, 2.24) is 10.2 Å². The van der Waals surface area contributed by atoms with Crippen LogP contribution in [0.5, 0.6) is 11.5 Å². The van der Waals surface area contributed by atoms with E-state index in [9.17, 15) is 4.79 Å². The number of piperidine rings is 1. The summed E-state index contributed by atoms with van der Waals surface area (Å²) in [5.41, 5.74) is 2.02. The van der Waals surface area contributed by atoms with Crippen LogP contribution in [0.2, 0.25) is 0 Å². The van der Waals surface area contributed by atoms with Gasteiger partial charge in [0.2, 0.25) is 0 Å². The van der Waals surface area contributed by atoms with E-state index in [1.807, 2.05) is 54.6 Å². The average molecular weight is 364 g/mol. The van der Waals surface area contributed by atoms with Crippen molar-refractivity contribution in [2.75, 3.05) is 19.6 Å². The SMILES string of the molecule is CC(C)=CCN1CCC(NC(=O)c2ccc(Oc3ccccc3)cc2)CC1. The van der Waals surface area contributed by atoms with Crippen molar-refractivity contribution >= 4 is 5.91 Å². The van der Waals surface area contributed by atoms with Gasteiger partial charge in [-0.05, 0) is 63.1 Å². The van der Waals surface area contributed by atoms with Gasteiger partial charge in [-0.2, -0.15) is 0 Å². The monoisotopic (exact) mass is 364 g/mol. The van der Waals surface area contributed by atoms with Crippen LogP contribution in [0.25, 0.3) is 0 Å². The fraction of sp³-hybridized carbons (Fsp3) is 0.348. The molecule has 2 aromatic rings. The molecule has 1 amide bonds. The zero-order valence-corrected chi connectivity index (χ0v) is 16.2. The van der Waals surface area contributed by atoms with Gasteiger partial charge in [-0.1, -0.05) is 29.8 Å². The van der Waals surface area contributed by atoms with Crippen molar-refractivity contribution in [2.24, 2.45) is 0 Å². The maximum absolute atomic E-state index is 12.5. The maximum atomic E-state index is 12.5. The summed E-state index contributed by atoms with van der Waals surface area (Å²) in [5, 5.41) is 3.17. The molecule has 0 aromatic heterocycles. The summed E-state index contributed by atoms with van der Waals surface area (Å²) in [6.45, 7) is 7.31. The van der Waals surface area contributed by atoms with Gasteiger partial charge in [-0.25, -0.2) is 0 Å². The molecule has 1 heterocycles. The number of nitrogens with one attached hydrogen (secondary N) is 1. The number of allylic oxidation sites excluding steroid dienone is 1. The zero-order chi connectivity index (χ0) is 19.1. The molecular weight excluding hydrogens is 336 g/mol. The number of carbonyl (C=O) groups is 1. The summed E-state index contributed by atoms with van der Waals surface area (Å²) in [6.07, 6.45) is 4.26. The number of amides is 1. The summed E-state index contributed by atoms with van der Waals surface area (Å²) in [7, 11) is 0. The lowest BCUT2D eigenvalue weighted by atomic mass is 10.0. The molecule has 3 rings (SSSR count). The van der Waals surface area contributed by atoms with E-state index in [-0.39, 0.29) is 11.9 Å². The van der Waals surface area contributed by atoms with Gasteiger partial charge in [0.25, 0.3) is 5.91 Å². The summed E-state index contributed by atoms with van der Waals surface area (Å²) in [6, 6.07) is 17.2. The van der Waals surface area contributed by atoms with Crippen LogP contribution >= 0.6 is 0 Å². The fourth-order valence-corrected chi connectivity index (χ4v) is 3.14. The molecule has 0 saturated carbocycles. The number of hydrogen-bond acceptors (Lipinski definition) is 3. The average Bonchev–Trinajstić information content (AvgIpc) is 2.69. The molecule has 1 N–H and O–H groups in total. The summed E-state index contributed by atoms with van der Waals surface area (Å²) >= 11 is 0. The minimum Gasteiger partial charge on any atom is -0.457 e. The Kier molecular flexibility index (Phi) is 6.66. The van der Waals surface area contributed by atoms with E-state index in [0.717, 1.165) is 44.0 Å². The highest BCUT2D eigenvalue weighted by Crippen LogP contribution is 2.21. The number of carbonyl (C=O) groups excluding carboxylic acids is 1. The first-order chi connectivity index (χ1) is 13.1. The van der Waals surface area contributed by atoms with Crippen molar-refractivity contribution < 1.29 is 9.53 Å². The molecule has 1 aliphatic heterocycles. The lowest BCUT2D eigenvalue weighted by Gasteiger charge is -2.31. The topological polar surface area (TPSA) is 41.6 Å². The van der Waals surface area contributed by atoms with Crippen LogP contribution in [-0.2, 0) is 0 Å². The van der Waals surface area contributed by atoms with Crippen molar-refractivity contribution in [3.05, 3.63) is 71.8 Å². The van der Waals surface area contributed by atoms with Crippen molar-refractivity contribution in [3.63, 3.8) is 0 Å². The number of hydrogen-bond donors (Lipinski definition) is 1. The van der Waals surface area contributed by atoms with Crippen LogP contribution in [-0.4, -0.2) is 36.5 Å². The number of rotatable bonds is 6. The van der Waals surface area contributed by atoms with Crippen LogP contribution in [0.4, 0.5) is 0 Å². The van der Waals surface area contributed by atoms with Crippen LogP contribution in [0.15, 0.2) is 66.2 Å². The number of para-hydroxylation sites is 1. The molecule has 4 heteroatoms. The molecule has 0 unspecified atom stereocenters. The summed E-state index contributed by atoms with van der Waals surface area (Å²) < 4.78 is 5.77. The molecule has 1 fully saturated rings. The van der Waals surface area contributed by atoms with E-state index < -0.39 is 0 Å². The molecule has 0 atom stereocenters. The van der Waals surface area contributed by atoms with Gasteiger partial charge >= 0.3 is 0 Å². The Bertz CT molecular complexity index is 757. The Morgan fingerprint density at radius 1 is 1.04 bits per heavy atom. The van der Waals surface area contributed by atoms with Gasteiger partial charge in [0, 0.05) is 31.2 Å². The van der Waals surface area contributed by atoms with Gasteiger partial charge in [0.05, 0.1) is 0 Å². The largest absolute Gasteiger partial charge is 0.457 e. The lowest BCUT2D eigenvalue weighted by molar-refractivity contribution is 0.0914. The second-order valence-corrected chi connectivity index (χ2v) is 7.27. The molecule has 0 radical (unpaired) electrons. The van der Waals surface area contributed by atoms with Gasteiger partial charge in [-0.15, -0.1) is 0 Å². The number of ether oxygens (including phenoxy) is 1. The third-order valence-electron chi connectivity index (χ3n) is 4.78. The molecule has 0 aliphatic carbocycles. The van der Waals surface area contributed by atoms with Crippen molar-refractivity contribution in [2.45, 2.75) is 32.7 Å². The number of benzene rings is 2. The molecule has 4 nitrogen and oxygen atoms in total. The van der Waals surface area contributed by atoms with Crippen molar-refractivity contribution in [3.8, 4) is 11.5 Å². The molecule has 1 saturated heterocycles. The fourth-order valence-electron chi connectivity index (χ4n) is 3.14. The normalized spacial score (nSPS) is 15.2. The first-order valence-electron chi connectivity index (χ1n) is 9.60. The Hall–Kier alpha value is -2.59. The van der Waals surface area contributed by atoms with Crippen LogP contribution in [0, 0.1) is 0 Å². The van der Waals surface area contributed by atoms with Crippen molar-refractivity contribution in [1.29, 1.82) is 0 Å². The Morgan fingerprint density at radius 2 is 1.67 bits per heavy atom. The van der Waals surface area contributed by atoms with Crippen LogP contribution in [0.1, 0.15) is 37.0 Å². The quantitative estimate of drug-likeness (QED) is 0.759. The van der Waals surface area contributed by atoms with Gasteiger partial charge < -0.3 is 10.1 Å². The van der Waals surface area contributed by atoms with Crippen LogP contribution < -0.4 is 10.1 Å². The second kappa shape index (κ2) is 9.38. The molecule has 27 heavy (non-hydrogen) atoms. The number of nitrogens with zero attached hydrogens (tertiary/aromatic N) is 1. The first-order valence-corrected chi connectivity index (χ1v) is 9.60. The summed E-state index contributed by atoms with van der Waals surface area (Å²) in [5.74, 6) is 1.50. The third kappa shape index (κ3) is 5.97. The first kappa shape index (κ1) is 19.2. The Balaban J connectivity index is 1.48. The van der Waals surface area contributed by atoms with E-state index >= 15 is 0 Å². The molecule has 0 spiro atoms. The van der Waals surface area contributed by atoms with Crippen LogP contribution in [0.3, 0.4) is 0 Å². The molecule has 142 valence electrons. The van der Waals surface area contributed by atoms with E-state index in [1.165, 1.54) is 5.57 Å². The van der Waals surface area contributed by atoms with E-state index in [4.69, 9.17) is 4.74 Å². The minimum atomic E-state index is -0.0102. The van der Waals surface area contributed by atoms with Gasteiger partial charge in [-0.3, -0.25) is 9.69 Å². The van der Waals surface area contributed by atoms with E-state index in [1.54, 1.807) is 0 Å². The zero-order valence-electron chi connectivity index (χ0n) is 16.2. The standard InChI is InChI=1S/C23H28N2O2/c1-18(2)12-15-25-16-13-20(14-17-25)24-23(26)19-8-10-22(11-9-19)27-21-6-4-3-5-7-21/h3-12,20H,13-17H2,1-2H3,(H,24,26). The highest BCUT2D eigenvalue weighted by molar-refractivity contribution is 5.94. The molecule has 0 bridgehead atoms. The summed E-state index contributed by atoms with van der Waals surface area (Å²) in [4.78, 5) is 14.9. The highest BCUT2D eigenvalue weighted by atomic mass is 16.5. The highest BCUT2D eigenvalue weighted by Gasteiger charge is 2.20. The molecule has 1 aliphatic rings. The third-order valence-corrected chi connectivity index (χ3v) is 4.78. The van der Waals surface area contributed by atoms with Gasteiger partial charge in [0.15, 0.2) is 0 Å². The smallest absolute Gasteiger partial charge is 0.251 e.